The molecule has 0 heterocycles. The number of rotatable bonds is 6. The Morgan fingerprint density at radius 3 is 2.50 bits per heavy atom. The molecule has 0 aliphatic heterocycles. The second-order valence-electron chi connectivity index (χ2n) is 2.87. The number of nitrogens with one attached hydrogen (secondary N) is 2. The number of hydrogen-bond donors (Lipinski definition) is 3. The molecular weight excluding hydrogens is 206 g/mol. The first-order chi connectivity index (χ1) is 6.44. The second kappa shape index (κ2) is 5.94. The summed E-state index contributed by atoms with van der Waals surface area (Å²) in [4.78, 5) is 10.9. The van der Waals surface area contributed by atoms with Crippen molar-refractivity contribution in [2.75, 3.05) is 19.6 Å². The molecule has 0 aliphatic carbocycles. The predicted octanol–water partition coefficient (Wildman–Crippen LogP) is -1.61. The highest BCUT2D eigenvalue weighted by Crippen LogP contribution is 1.94. The predicted molar refractivity (Wildman–Crippen MR) is 54.1 cm³/mol. The van der Waals surface area contributed by atoms with E-state index in [4.69, 9.17) is 5.73 Å². The Morgan fingerprint density at radius 2 is 2.07 bits per heavy atom. The molecular formula is C7H17N3O3S. The van der Waals surface area contributed by atoms with Crippen LogP contribution in [0.15, 0.2) is 0 Å². The van der Waals surface area contributed by atoms with Gasteiger partial charge in [0.15, 0.2) is 0 Å². The Hall–Kier alpha value is -0.660. The van der Waals surface area contributed by atoms with Crippen molar-refractivity contribution in [3.63, 3.8) is 0 Å². The van der Waals surface area contributed by atoms with Crippen LogP contribution in [-0.2, 0) is 14.8 Å². The normalized spacial score (nSPS) is 13.6. The van der Waals surface area contributed by atoms with Crippen LogP contribution in [0.25, 0.3) is 0 Å². The molecule has 0 rings (SSSR count). The van der Waals surface area contributed by atoms with E-state index in [1.807, 2.05) is 0 Å². The van der Waals surface area contributed by atoms with Crippen molar-refractivity contribution in [3.05, 3.63) is 0 Å². The van der Waals surface area contributed by atoms with E-state index in [0.717, 1.165) is 0 Å². The Kier molecular flexibility index (Phi) is 5.66. The molecule has 1 unspecified atom stereocenters. The molecule has 0 radical (unpaired) electrons. The van der Waals surface area contributed by atoms with Gasteiger partial charge in [0, 0.05) is 13.1 Å². The number of carbonyl (C=O) groups excluding carboxylic acids is 1. The summed E-state index contributed by atoms with van der Waals surface area (Å²) in [5.41, 5.74) is 5.20. The molecule has 6 nitrogen and oxygen atoms in total. The highest BCUT2D eigenvalue weighted by molar-refractivity contribution is 7.90. The van der Waals surface area contributed by atoms with Gasteiger partial charge in [-0.15, -0.1) is 0 Å². The minimum atomic E-state index is -3.46. The van der Waals surface area contributed by atoms with Crippen LogP contribution in [-0.4, -0.2) is 39.2 Å². The summed E-state index contributed by atoms with van der Waals surface area (Å²) in [6.07, 6.45) is 0. The monoisotopic (exact) mass is 223 g/mol. The standard InChI is InChI=1S/C7H17N3O3S/c1-3-9-7(11)5-10-14(12,13)6(2)4-8/h6,10H,3-5,8H2,1-2H3,(H,9,11). The fraction of sp³-hybridized carbons (Fsp3) is 0.857. The van der Waals surface area contributed by atoms with E-state index in [0.29, 0.717) is 6.54 Å². The van der Waals surface area contributed by atoms with Gasteiger partial charge in [-0.05, 0) is 13.8 Å². The van der Waals surface area contributed by atoms with Gasteiger partial charge in [0.25, 0.3) is 0 Å². The van der Waals surface area contributed by atoms with Gasteiger partial charge in [-0.1, -0.05) is 0 Å². The zero-order chi connectivity index (χ0) is 11.2. The molecule has 1 atom stereocenters. The summed E-state index contributed by atoms with van der Waals surface area (Å²) in [5.74, 6) is -0.347. The molecule has 84 valence electrons. The van der Waals surface area contributed by atoms with Crippen molar-refractivity contribution in [1.82, 2.24) is 10.0 Å². The van der Waals surface area contributed by atoms with Crippen molar-refractivity contribution in [1.29, 1.82) is 0 Å². The number of hydrogen-bond acceptors (Lipinski definition) is 4. The topological polar surface area (TPSA) is 101 Å². The largest absolute Gasteiger partial charge is 0.355 e. The molecule has 0 aromatic carbocycles. The second-order valence-corrected chi connectivity index (χ2v) is 5.05. The van der Waals surface area contributed by atoms with Gasteiger partial charge in [-0.2, -0.15) is 0 Å². The van der Waals surface area contributed by atoms with Gasteiger partial charge in [0.2, 0.25) is 15.9 Å². The van der Waals surface area contributed by atoms with E-state index >= 15 is 0 Å². The lowest BCUT2D eigenvalue weighted by Gasteiger charge is -2.11. The summed E-state index contributed by atoms with van der Waals surface area (Å²) in [6.45, 7) is 3.52. The Bertz CT molecular complexity index is 276. The van der Waals surface area contributed by atoms with Crippen molar-refractivity contribution in [2.45, 2.75) is 19.1 Å². The molecule has 0 saturated heterocycles. The number of amides is 1. The smallest absolute Gasteiger partial charge is 0.235 e. The third-order valence-corrected chi connectivity index (χ3v) is 3.47. The summed E-state index contributed by atoms with van der Waals surface area (Å²) < 4.78 is 24.8. The van der Waals surface area contributed by atoms with Crippen molar-refractivity contribution >= 4 is 15.9 Å². The lowest BCUT2D eigenvalue weighted by Crippen LogP contribution is -2.42. The summed E-state index contributed by atoms with van der Waals surface area (Å²) in [5, 5.41) is 1.79. The van der Waals surface area contributed by atoms with Crippen LogP contribution in [0.4, 0.5) is 0 Å². The highest BCUT2D eigenvalue weighted by atomic mass is 32.2. The first kappa shape index (κ1) is 13.3. The maximum absolute atomic E-state index is 11.3. The number of likely N-dealkylation sites (N-methyl/N-ethyl adjacent to an activating group) is 1. The quantitative estimate of drug-likeness (QED) is 0.504. The van der Waals surface area contributed by atoms with E-state index in [2.05, 4.69) is 10.0 Å². The molecule has 0 aromatic rings. The van der Waals surface area contributed by atoms with Crippen LogP contribution in [0.3, 0.4) is 0 Å². The number of nitrogens with two attached hydrogens (primary N) is 1. The van der Waals surface area contributed by atoms with Gasteiger partial charge >= 0.3 is 0 Å². The zero-order valence-corrected chi connectivity index (χ0v) is 9.23. The third kappa shape index (κ3) is 4.54. The molecule has 0 aliphatic rings. The molecule has 1 amide bonds. The van der Waals surface area contributed by atoms with E-state index in [-0.39, 0.29) is 19.0 Å². The Morgan fingerprint density at radius 1 is 1.50 bits per heavy atom. The molecule has 0 saturated carbocycles. The van der Waals surface area contributed by atoms with E-state index in [9.17, 15) is 13.2 Å². The van der Waals surface area contributed by atoms with Gasteiger partial charge < -0.3 is 11.1 Å². The molecule has 0 fully saturated rings. The van der Waals surface area contributed by atoms with Crippen molar-refractivity contribution < 1.29 is 13.2 Å². The first-order valence-electron chi connectivity index (χ1n) is 4.39. The van der Waals surface area contributed by atoms with Crippen molar-refractivity contribution in [2.24, 2.45) is 5.73 Å². The van der Waals surface area contributed by atoms with E-state index < -0.39 is 15.3 Å². The fourth-order valence-electron chi connectivity index (χ4n) is 0.695. The maximum Gasteiger partial charge on any atom is 0.235 e. The first-order valence-corrected chi connectivity index (χ1v) is 5.94. The van der Waals surface area contributed by atoms with Crippen LogP contribution in [0.2, 0.25) is 0 Å². The maximum atomic E-state index is 11.3. The van der Waals surface area contributed by atoms with Gasteiger partial charge in [0.1, 0.15) is 0 Å². The Labute approximate surface area is 84.3 Å². The average molecular weight is 223 g/mol. The van der Waals surface area contributed by atoms with Crippen LogP contribution >= 0.6 is 0 Å². The van der Waals surface area contributed by atoms with Gasteiger partial charge in [-0.25, -0.2) is 13.1 Å². The minimum Gasteiger partial charge on any atom is -0.355 e. The third-order valence-electron chi connectivity index (χ3n) is 1.67. The average Bonchev–Trinajstić information content (AvgIpc) is 2.14. The van der Waals surface area contributed by atoms with Gasteiger partial charge in [0.05, 0.1) is 11.8 Å². The highest BCUT2D eigenvalue weighted by Gasteiger charge is 2.19. The molecule has 0 aromatic heterocycles. The molecule has 4 N–H and O–H groups in total. The fourth-order valence-corrected chi connectivity index (χ4v) is 1.56. The van der Waals surface area contributed by atoms with Gasteiger partial charge in [-0.3, -0.25) is 4.79 Å². The summed E-state index contributed by atoms with van der Waals surface area (Å²) in [6, 6.07) is 0. The SMILES string of the molecule is CCNC(=O)CNS(=O)(=O)C(C)CN. The lowest BCUT2D eigenvalue weighted by atomic mass is 10.5. The zero-order valence-electron chi connectivity index (χ0n) is 8.41. The molecule has 14 heavy (non-hydrogen) atoms. The summed E-state index contributed by atoms with van der Waals surface area (Å²) >= 11 is 0. The minimum absolute atomic E-state index is 0.0325. The molecule has 0 spiro atoms. The molecule has 7 heteroatoms. The Balaban J connectivity index is 4.06. The van der Waals surface area contributed by atoms with Crippen LogP contribution in [0.1, 0.15) is 13.8 Å². The van der Waals surface area contributed by atoms with Crippen molar-refractivity contribution in [3.8, 4) is 0 Å². The van der Waals surface area contributed by atoms with Crippen LogP contribution in [0, 0.1) is 0 Å². The van der Waals surface area contributed by atoms with E-state index in [1.165, 1.54) is 6.92 Å². The van der Waals surface area contributed by atoms with E-state index in [1.54, 1.807) is 6.92 Å². The lowest BCUT2D eigenvalue weighted by molar-refractivity contribution is -0.119. The van der Waals surface area contributed by atoms with Crippen LogP contribution in [0.5, 0.6) is 0 Å². The van der Waals surface area contributed by atoms with Crippen LogP contribution < -0.4 is 15.8 Å². The summed E-state index contributed by atoms with van der Waals surface area (Å²) in [7, 11) is -3.46. The number of carbonyl (C=O) groups is 1. The molecule has 0 bridgehead atoms. The number of sulfonamides is 1.